The highest BCUT2D eigenvalue weighted by molar-refractivity contribution is 5.65. The van der Waals surface area contributed by atoms with Gasteiger partial charge < -0.3 is 14.2 Å². The van der Waals surface area contributed by atoms with Crippen LogP contribution in [0.25, 0.3) is 0 Å². The number of hydrogen-bond donors (Lipinski definition) is 0. The average molecular weight is 328 g/mol. The number of esters is 1. The number of carbonyl (C=O) groups is 1. The molecule has 0 heterocycles. The number of rotatable bonds is 7. The monoisotopic (exact) mass is 328 g/mol. The predicted octanol–water partition coefficient (Wildman–Crippen LogP) is 4.00. The van der Waals surface area contributed by atoms with E-state index in [1.54, 1.807) is 7.11 Å². The lowest BCUT2D eigenvalue weighted by molar-refractivity contribution is -0.140. The maximum absolute atomic E-state index is 10.9. The number of aryl methyl sites for hydroxylation is 2. The zero-order chi connectivity index (χ0) is 17.5. The van der Waals surface area contributed by atoms with Crippen molar-refractivity contribution in [2.75, 3.05) is 13.7 Å². The van der Waals surface area contributed by atoms with Crippen LogP contribution in [0.4, 0.5) is 0 Å². The van der Waals surface area contributed by atoms with Crippen LogP contribution in [0.15, 0.2) is 36.4 Å². The minimum Gasteiger partial charge on any atom is -0.497 e. The average Bonchev–Trinajstić information content (AvgIpc) is 2.55. The van der Waals surface area contributed by atoms with Gasteiger partial charge in [-0.3, -0.25) is 4.79 Å². The van der Waals surface area contributed by atoms with E-state index >= 15 is 0 Å². The van der Waals surface area contributed by atoms with Gasteiger partial charge in [-0.2, -0.15) is 0 Å². The highest BCUT2D eigenvalue weighted by Crippen LogP contribution is 2.23. The van der Waals surface area contributed by atoms with Crippen molar-refractivity contribution in [1.82, 2.24) is 0 Å². The number of ether oxygens (including phenoxy) is 3. The van der Waals surface area contributed by atoms with E-state index in [-0.39, 0.29) is 5.97 Å². The second kappa shape index (κ2) is 8.39. The van der Waals surface area contributed by atoms with Gasteiger partial charge >= 0.3 is 5.97 Å². The summed E-state index contributed by atoms with van der Waals surface area (Å²) in [5.74, 6) is 1.43. The molecule has 128 valence electrons. The molecule has 0 unspecified atom stereocenters. The normalized spacial score (nSPS) is 10.3. The second-order valence-electron chi connectivity index (χ2n) is 5.76. The summed E-state index contributed by atoms with van der Waals surface area (Å²) >= 11 is 0. The number of methoxy groups -OCH3 is 1. The lowest BCUT2D eigenvalue weighted by atomic mass is 10.00. The summed E-state index contributed by atoms with van der Waals surface area (Å²) in [4.78, 5) is 10.9. The second-order valence-corrected chi connectivity index (χ2v) is 5.76. The standard InChI is InChI=1S/C20H24O4/c1-14-11-19(12-15(2)20(14)9-10-23-16(3)21)24-13-17-5-7-18(22-4)8-6-17/h5-8,11-12H,9-10,13H2,1-4H3. The van der Waals surface area contributed by atoms with Gasteiger partial charge in [-0.05, 0) is 60.4 Å². The van der Waals surface area contributed by atoms with Gasteiger partial charge in [0.1, 0.15) is 18.1 Å². The number of hydrogen-bond acceptors (Lipinski definition) is 4. The van der Waals surface area contributed by atoms with Crippen molar-refractivity contribution in [2.24, 2.45) is 0 Å². The fourth-order valence-corrected chi connectivity index (χ4v) is 2.62. The lowest BCUT2D eigenvalue weighted by Crippen LogP contribution is -2.06. The van der Waals surface area contributed by atoms with Crippen molar-refractivity contribution in [2.45, 2.75) is 33.8 Å². The van der Waals surface area contributed by atoms with E-state index in [2.05, 4.69) is 13.8 Å². The Kier molecular flexibility index (Phi) is 6.24. The molecule has 0 aromatic heterocycles. The first kappa shape index (κ1) is 17.9. The molecule has 0 aliphatic carbocycles. The molecule has 4 nitrogen and oxygen atoms in total. The van der Waals surface area contributed by atoms with Crippen molar-refractivity contribution in [3.05, 3.63) is 58.7 Å². The van der Waals surface area contributed by atoms with Crippen LogP contribution in [0.3, 0.4) is 0 Å². The molecular weight excluding hydrogens is 304 g/mol. The molecule has 0 radical (unpaired) electrons. The van der Waals surface area contributed by atoms with Gasteiger partial charge in [0.05, 0.1) is 13.7 Å². The van der Waals surface area contributed by atoms with Crippen molar-refractivity contribution < 1.29 is 19.0 Å². The molecule has 0 saturated carbocycles. The third kappa shape index (κ3) is 5.01. The molecule has 0 bridgehead atoms. The van der Waals surface area contributed by atoms with Crippen molar-refractivity contribution in [3.8, 4) is 11.5 Å². The van der Waals surface area contributed by atoms with Crippen molar-refractivity contribution >= 4 is 5.97 Å². The van der Waals surface area contributed by atoms with Crippen LogP contribution < -0.4 is 9.47 Å². The molecular formula is C20H24O4. The Labute approximate surface area is 143 Å². The van der Waals surface area contributed by atoms with Crippen LogP contribution in [0.1, 0.15) is 29.2 Å². The van der Waals surface area contributed by atoms with Gasteiger partial charge in [-0.1, -0.05) is 12.1 Å². The van der Waals surface area contributed by atoms with E-state index in [0.717, 1.165) is 34.6 Å². The Hall–Kier alpha value is -2.49. The van der Waals surface area contributed by atoms with E-state index < -0.39 is 0 Å². The zero-order valence-electron chi connectivity index (χ0n) is 14.7. The first-order valence-electron chi connectivity index (χ1n) is 7.99. The quantitative estimate of drug-likeness (QED) is 0.721. The van der Waals surface area contributed by atoms with Crippen LogP contribution in [-0.4, -0.2) is 19.7 Å². The van der Waals surface area contributed by atoms with Gasteiger partial charge in [0.15, 0.2) is 0 Å². The Morgan fingerprint density at radius 3 is 2.17 bits per heavy atom. The first-order chi connectivity index (χ1) is 11.5. The van der Waals surface area contributed by atoms with E-state index in [1.807, 2.05) is 36.4 Å². The predicted molar refractivity (Wildman–Crippen MR) is 93.6 cm³/mol. The third-order valence-corrected chi connectivity index (χ3v) is 3.89. The Morgan fingerprint density at radius 2 is 1.62 bits per heavy atom. The molecule has 0 spiro atoms. The lowest BCUT2D eigenvalue weighted by Gasteiger charge is -2.14. The van der Waals surface area contributed by atoms with Crippen molar-refractivity contribution in [3.63, 3.8) is 0 Å². The molecule has 0 aliphatic heterocycles. The van der Waals surface area contributed by atoms with Crippen molar-refractivity contribution in [1.29, 1.82) is 0 Å². The van der Waals surface area contributed by atoms with Gasteiger partial charge in [-0.15, -0.1) is 0 Å². The highest BCUT2D eigenvalue weighted by atomic mass is 16.5. The maximum Gasteiger partial charge on any atom is 0.302 e. The molecule has 4 heteroatoms. The molecule has 2 rings (SSSR count). The topological polar surface area (TPSA) is 44.8 Å². The minimum atomic E-state index is -0.246. The Morgan fingerprint density at radius 1 is 1.00 bits per heavy atom. The summed E-state index contributed by atoms with van der Waals surface area (Å²) < 4.78 is 16.1. The SMILES string of the molecule is COc1ccc(COc2cc(C)c(CCOC(C)=O)c(C)c2)cc1. The molecule has 0 aliphatic rings. The van der Waals surface area contributed by atoms with Crippen LogP contribution in [0.2, 0.25) is 0 Å². The van der Waals surface area contributed by atoms with E-state index in [4.69, 9.17) is 14.2 Å². The molecule has 0 atom stereocenters. The molecule has 2 aromatic rings. The smallest absolute Gasteiger partial charge is 0.302 e. The minimum absolute atomic E-state index is 0.246. The fraction of sp³-hybridized carbons (Fsp3) is 0.350. The van der Waals surface area contributed by atoms with E-state index in [9.17, 15) is 4.79 Å². The summed E-state index contributed by atoms with van der Waals surface area (Å²) in [5.41, 5.74) is 4.58. The first-order valence-corrected chi connectivity index (χ1v) is 7.99. The zero-order valence-corrected chi connectivity index (χ0v) is 14.7. The number of carbonyl (C=O) groups excluding carboxylic acids is 1. The highest BCUT2D eigenvalue weighted by Gasteiger charge is 2.07. The largest absolute Gasteiger partial charge is 0.497 e. The molecule has 0 N–H and O–H groups in total. The Balaban J connectivity index is 1.99. The van der Waals surface area contributed by atoms with Crippen LogP contribution in [0, 0.1) is 13.8 Å². The van der Waals surface area contributed by atoms with Gasteiger partial charge in [0.25, 0.3) is 0 Å². The van der Waals surface area contributed by atoms with Crippen LogP contribution in [-0.2, 0) is 22.6 Å². The fourth-order valence-electron chi connectivity index (χ4n) is 2.62. The molecule has 24 heavy (non-hydrogen) atoms. The molecule has 0 saturated heterocycles. The Bertz CT molecular complexity index is 666. The van der Waals surface area contributed by atoms with E-state index in [1.165, 1.54) is 12.5 Å². The summed E-state index contributed by atoms with van der Waals surface area (Å²) in [6.07, 6.45) is 0.718. The van der Waals surface area contributed by atoms with E-state index in [0.29, 0.717) is 13.2 Å². The molecule has 0 amide bonds. The third-order valence-electron chi connectivity index (χ3n) is 3.89. The summed E-state index contributed by atoms with van der Waals surface area (Å²) in [6.45, 7) is 6.45. The molecule has 0 fully saturated rings. The summed E-state index contributed by atoms with van der Waals surface area (Å²) in [7, 11) is 1.65. The summed E-state index contributed by atoms with van der Waals surface area (Å²) in [5, 5.41) is 0. The molecule has 2 aromatic carbocycles. The number of benzene rings is 2. The van der Waals surface area contributed by atoms with Crippen LogP contribution >= 0.6 is 0 Å². The van der Waals surface area contributed by atoms with Gasteiger partial charge in [0.2, 0.25) is 0 Å². The maximum atomic E-state index is 10.9. The van der Waals surface area contributed by atoms with Crippen LogP contribution in [0.5, 0.6) is 11.5 Å². The van der Waals surface area contributed by atoms with Gasteiger partial charge in [-0.25, -0.2) is 0 Å². The van der Waals surface area contributed by atoms with Gasteiger partial charge in [0, 0.05) is 13.3 Å². The summed E-state index contributed by atoms with van der Waals surface area (Å²) in [6, 6.07) is 11.9.